The predicted molar refractivity (Wildman–Crippen MR) is 71.9 cm³/mol. The molecule has 18 heavy (non-hydrogen) atoms. The van der Waals surface area contributed by atoms with E-state index in [0.29, 0.717) is 5.41 Å². The van der Waals surface area contributed by atoms with Crippen molar-refractivity contribution in [2.75, 3.05) is 26.2 Å². The van der Waals surface area contributed by atoms with Crippen LogP contribution in [-0.2, 0) is 0 Å². The molecule has 0 aromatic carbocycles. The van der Waals surface area contributed by atoms with Gasteiger partial charge >= 0.3 is 0 Å². The molecule has 2 fully saturated rings. The van der Waals surface area contributed by atoms with Gasteiger partial charge in [-0.25, -0.2) is 4.98 Å². The minimum absolute atomic E-state index is 0.186. The molecular weight excluding hydrogens is 246 g/mol. The Morgan fingerprint density at radius 3 is 2.89 bits per heavy atom. The quantitative estimate of drug-likeness (QED) is 0.840. The lowest BCUT2D eigenvalue weighted by atomic mass is 9.78. The van der Waals surface area contributed by atoms with Crippen molar-refractivity contribution in [3.05, 3.63) is 16.1 Å². The van der Waals surface area contributed by atoms with Gasteiger partial charge in [0.25, 0.3) is 5.91 Å². The first-order chi connectivity index (χ1) is 8.70. The summed E-state index contributed by atoms with van der Waals surface area (Å²) >= 11 is 1.46. The van der Waals surface area contributed by atoms with Crippen molar-refractivity contribution in [3.8, 4) is 0 Å². The van der Waals surface area contributed by atoms with E-state index in [9.17, 15) is 4.79 Å². The standard InChI is InChI=1S/C13H19N3OS/c1-10-11(18-9-15-10)12(17)16-7-4-13(8-16)2-5-14-6-3-13/h9,14H,2-8H2,1H3. The van der Waals surface area contributed by atoms with Crippen molar-refractivity contribution in [1.29, 1.82) is 0 Å². The van der Waals surface area contributed by atoms with Crippen LogP contribution in [0.5, 0.6) is 0 Å². The number of carbonyl (C=O) groups is 1. The zero-order valence-electron chi connectivity index (χ0n) is 10.7. The predicted octanol–water partition coefficient (Wildman–Crippen LogP) is 1.67. The molecule has 0 aliphatic carbocycles. The molecule has 1 amide bonds. The number of hydrogen-bond acceptors (Lipinski definition) is 4. The van der Waals surface area contributed by atoms with Crippen LogP contribution in [0.2, 0.25) is 0 Å². The Bertz CT molecular complexity index is 451. The fourth-order valence-electron chi connectivity index (χ4n) is 3.12. The average molecular weight is 265 g/mol. The Balaban J connectivity index is 1.72. The summed E-state index contributed by atoms with van der Waals surface area (Å²) in [5.41, 5.74) is 3.02. The maximum Gasteiger partial charge on any atom is 0.265 e. The maximum absolute atomic E-state index is 12.4. The third-order valence-electron chi connectivity index (χ3n) is 4.33. The second-order valence-corrected chi connectivity index (χ2v) is 6.35. The van der Waals surface area contributed by atoms with Crippen LogP contribution in [0.3, 0.4) is 0 Å². The smallest absolute Gasteiger partial charge is 0.265 e. The van der Waals surface area contributed by atoms with Gasteiger partial charge < -0.3 is 10.2 Å². The lowest BCUT2D eigenvalue weighted by Crippen LogP contribution is -2.39. The van der Waals surface area contributed by atoms with Crippen LogP contribution in [-0.4, -0.2) is 42.0 Å². The number of nitrogens with zero attached hydrogens (tertiary/aromatic N) is 2. The zero-order chi connectivity index (χ0) is 12.6. The Hall–Kier alpha value is -0.940. The molecular formula is C13H19N3OS. The first-order valence-electron chi connectivity index (χ1n) is 6.60. The van der Waals surface area contributed by atoms with Crippen molar-refractivity contribution in [3.63, 3.8) is 0 Å². The van der Waals surface area contributed by atoms with Crippen molar-refractivity contribution < 1.29 is 4.79 Å². The molecule has 0 atom stereocenters. The summed E-state index contributed by atoms with van der Waals surface area (Å²) in [7, 11) is 0. The van der Waals surface area contributed by atoms with Crippen LogP contribution in [0.25, 0.3) is 0 Å². The second kappa shape index (κ2) is 4.63. The molecule has 2 aliphatic heterocycles. The minimum atomic E-state index is 0.186. The Morgan fingerprint density at radius 1 is 1.44 bits per heavy atom. The molecule has 1 N–H and O–H groups in total. The number of piperidine rings is 1. The molecule has 2 saturated heterocycles. The summed E-state index contributed by atoms with van der Waals surface area (Å²) in [5, 5.41) is 3.41. The van der Waals surface area contributed by atoms with E-state index in [2.05, 4.69) is 10.3 Å². The minimum Gasteiger partial charge on any atom is -0.337 e. The monoisotopic (exact) mass is 265 g/mol. The van der Waals surface area contributed by atoms with Crippen LogP contribution in [0.1, 0.15) is 34.6 Å². The van der Waals surface area contributed by atoms with Gasteiger partial charge in [-0.05, 0) is 44.7 Å². The molecule has 0 unspecified atom stereocenters. The van der Waals surface area contributed by atoms with E-state index in [4.69, 9.17) is 0 Å². The molecule has 0 radical (unpaired) electrons. The molecule has 98 valence electrons. The number of rotatable bonds is 1. The van der Waals surface area contributed by atoms with Crippen molar-refractivity contribution >= 4 is 17.2 Å². The van der Waals surface area contributed by atoms with Gasteiger partial charge in [-0.3, -0.25) is 4.79 Å². The molecule has 3 heterocycles. The highest BCUT2D eigenvalue weighted by Crippen LogP contribution is 2.39. The normalized spacial score (nSPS) is 22.6. The summed E-state index contributed by atoms with van der Waals surface area (Å²) in [6.45, 7) is 5.96. The molecule has 0 saturated carbocycles. The van der Waals surface area contributed by atoms with Gasteiger partial charge in [0, 0.05) is 13.1 Å². The Kier molecular flexibility index (Phi) is 3.11. The van der Waals surface area contributed by atoms with E-state index in [1.807, 2.05) is 11.8 Å². The van der Waals surface area contributed by atoms with E-state index >= 15 is 0 Å². The lowest BCUT2D eigenvalue weighted by Gasteiger charge is -2.33. The largest absolute Gasteiger partial charge is 0.337 e. The SMILES string of the molecule is Cc1ncsc1C(=O)N1CCC2(CCNCC2)C1. The zero-order valence-corrected chi connectivity index (χ0v) is 11.6. The molecule has 3 rings (SSSR count). The first kappa shape index (κ1) is 12.1. The number of hydrogen-bond donors (Lipinski definition) is 1. The van der Waals surface area contributed by atoms with Crippen LogP contribution >= 0.6 is 11.3 Å². The van der Waals surface area contributed by atoms with Gasteiger partial charge in [0.15, 0.2) is 0 Å². The molecule has 2 aliphatic rings. The van der Waals surface area contributed by atoms with Gasteiger partial charge in [0.2, 0.25) is 0 Å². The Labute approximate surface area is 111 Å². The number of aryl methyl sites for hydroxylation is 1. The van der Waals surface area contributed by atoms with E-state index in [1.165, 1.54) is 24.2 Å². The van der Waals surface area contributed by atoms with Crippen molar-refractivity contribution in [2.45, 2.75) is 26.2 Å². The summed E-state index contributed by atoms with van der Waals surface area (Å²) in [5.74, 6) is 0.186. The van der Waals surface area contributed by atoms with Crippen LogP contribution < -0.4 is 5.32 Å². The van der Waals surface area contributed by atoms with E-state index in [0.717, 1.165) is 43.2 Å². The summed E-state index contributed by atoms with van der Waals surface area (Å²) < 4.78 is 0. The molecule has 1 aromatic heterocycles. The Morgan fingerprint density at radius 2 is 2.22 bits per heavy atom. The van der Waals surface area contributed by atoms with E-state index in [-0.39, 0.29) is 5.91 Å². The van der Waals surface area contributed by atoms with Crippen molar-refractivity contribution in [1.82, 2.24) is 15.2 Å². The first-order valence-corrected chi connectivity index (χ1v) is 7.48. The second-order valence-electron chi connectivity index (χ2n) is 5.49. The number of likely N-dealkylation sites (tertiary alicyclic amines) is 1. The van der Waals surface area contributed by atoms with Gasteiger partial charge in [0.1, 0.15) is 4.88 Å². The lowest BCUT2D eigenvalue weighted by molar-refractivity contribution is 0.0765. The molecule has 1 spiro atoms. The molecule has 1 aromatic rings. The van der Waals surface area contributed by atoms with Gasteiger partial charge in [-0.1, -0.05) is 0 Å². The number of amides is 1. The fraction of sp³-hybridized carbons (Fsp3) is 0.692. The third kappa shape index (κ3) is 2.06. The number of nitrogens with one attached hydrogen (secondary N) is 1. The van der Waals surface area contributed by atoms with Gasteiger partial charge in [0.05, 0.1) is 11.2 Å². The highest BCUT2D eigenvalue weighted by atomic mass is 32.1. The maximum atomic E-state index is 12.4. The third-order valence-corrected chi connectivity index (χ3v) is 5.25. The van der Waals surface area contributed by atoms with E-state index in [1.54, 1.807) is 5.51 Å². The number of aromatic nitrogens is 1. The molecule has 0 bridgehead atoms. The molecule has 5 heteroatoms. The summed E-state index contributed by atoms with van der Waals surface area (Å²) in [6, 6.07) is 0. The number of carbonyl (C=O) groups excluding carboxylic acids is 1. The van der Waals surface area contributed by atoms with Crippen molar-refractivity contribution in [2.24, 2.45) is 5.41 Å². The van der Waals surface area contributed by atoms with E-state index < -0.39 is 0 Å². The van der Waals surface area contributed by atoms with Gasteiger partial charge in [-0.2, -0.15) is 0 Å². The number of thiazole rings is 1. The van der Waals surface area contributed by atoms with Crippen LogP contribution in [0.15, 0.2) is 5.51 Å². The molecule has 4 nitrogen and oxygen atoms in total. The fourth-order valence-corrected chi connectivity index (χ4v) is 3.89. The van der Waals surface area contributed by atoms with Gasteiger partial charge in [-0.15, -0.1) is 11.3 Å². The summed E-state index contributed by atoms with van der Waals surface area (Å²) in [6.07, 6.45) is 3.58. The van der Waals surface area contributed by atoms with Crippen LogP contribution in [0.4, 0.5) is 0 Å². The highest BCUT2D eigenvalue weighted by molar-refractivity contribution is 7.11. The summed E-state index contributed by atoms with van der Waals surface area (Å²) in [4.78, 5) is 19.5. The average Bonchev–Trinajstić information content (AvgIpc) is 2.97. The van der Waals surface area contributed by atoms with Crippen LogP contribution in [0, 0.1) is 12.3 Å². The topological polar surface area (TPSA) is 45.2 Å². The highest BCUT2D eigenvalue weighted by Gasteiger charge is 2.41.